The molecule has 0 aliphatic heterocycles. The van der Waals surface area contributed by atoms with Crippen LogP contribution in [0.4, 0.5) is 0 Å². The molecule has 6 nitrogen and oxygen atoms in total. The van der Waals surface area contributed by atoms with E-state index < -0.39 is 10.0 Å². The molecule has 0 aliphatic rings. The van der Waals surface area contributed by atoms with Crippen LogP contribution in [0.1, 0.15) is 22.4 Å². The maximum Gasteiger partial charge on any atom is 0.241 e. The first-order valence-electron chi connectivity index (χ1n) is 6.21. The molecular formula is C13H18N4O2S. The minimum absolute atomic E-state index is 0.174. The van der Waals surface area contributed by atoms with Crippen LogP contribution in [-0.4, -0.2) is 18.4 Å². The fourth-order valence-electron chi connectivity index (χ4n) is 2.02. The molecule has 0 unspecified atom stereocenters. The maximum absolute atomic E-state index is 12.3. The highest BCUT2D eigenvalue weighted by Crippen LogP contribution is 2.20. The van der Waals surface area contributed by atoms with Gasteiger partial charge in [0.25, 0.3) is 0 Å². The zero-order valence-electron chi connectivity index (χ0n) is 11.5. The number of hydrogen-bond donors (Lipinski definition) is 3. The number of rotatable bonds is 5. The van der Waals surface area contributed by atoms with Crippen LogP contribution in [0, 0.1) is 13.8 Å². The van der Waals surface area contributed by atoms with E-state index >= 15 is 0 Å². The van der Waals surface area contributed by atoms with Gasteiger partial charge in [-0.15, -0.1) is 0 Å². The van der Waals surface area contributed by atoms with E-state index in [2.05, 4.69) is 14.7 Å². The van der Waals surface area contributed by atoms with Crippen LogP contribution in [0.2, 0.25) is 0 Å². The van der Waals surface area contributed by atoms with Gasteiger partial charge < -0.3 is 10.7 Å². The van der Waals surface area contributed by atoms with Crippen LogP contribution in [-0.2, 0) is 23.1 Å². The monoisotopic (exact) mass is 294 g/mol. The maximum atomic E-state index is 12.3. The lowest BCUT2D eigenvalue weighted by Crippen LogP contribution is -2.24. The van der Waals surface area contributed by atoms with Gasteiger partial charge in [-0.25, -0.2) is 18.1 Å². The van der Waals surface area contributed by atoms with Crippen LogP contribution < -0.4 is 10.5 Å². The molecule has 0 atom stereocenters. The number of hydrogen-bond acceptors (Lipinski definition) is 4. The quantitative estimate of drug-likeness (QED) is 0.764. The summed E-state index contributed by atoms with van der Waals surface area (Å²) in [5.74, 6) is 0. The fourth-order valence-corrected chi connectivity index (χ4v) is 3.30. The van der Waals surface area contributed by atoms with Gasteiger partial charge in [0.05, 0.1) is 17.8 Å². The van der Waals surface area contributed by atoms with Gasteiger partial charge in [0.1, 0.15) is 0 Å². The number of sulfonamides is 1. The van der Waals surface area contributed by atoms with Crippen LogP contribution >= 0.6 is 0 Å². The summed E-state index contributed by atoms with van der Waals surface area (Å²) in [6.07, 6.45) is 3.09. The molecule has 0 amide bonds. The first-order valence-corrected chi connectivity index (χ1v) is 7.69. The number of nitrogens with one attached hydrogen (secondary N) is 2. The Morgan fingerprint density at radius 2 is 2.05 bits per heavy atom. The third-order valence-electron chi connectivity index (χ3n) is 3.15. The standard InChI is InChI=1S/C13H18N4O2S/c1-9-3-10(2)13(4-11(9)5-14)20(18,19)17-7-12-6-15-8-16-12/h3-4,6,8,17H,5,7,14H2,1-2H3,(H,15,16). The van der Waals surface area contributed by atoms with Crippen molar-refractivity contribution >= 4 is 10.0 Å². The number of aryl methyl sites for hydroxylation is 2. The highest BCUT2D eigenvalue weighted by atomic mass is 32.2. The number of nitrogens with zero attached hydrogens (tertiary/aromatic N) is 1. The second-order valence-electron chi connectivity index (χ2n) is 4.65. The topological polar surface area (TPSA) is 101 Å². The molecular weight excluding hydrogens is 276 g/mol. The summed E-state index contributed by atoms with van der Waals surface area (Å²) in [7, 11) is -3.57. The van der Waals surface area contributed by atoms with Gasteiger partial charge in [-0.3, -0.25) is 0 Å². The number of aromatic amines is 1. The molecule has 20 heavy (non-hydrogen) atoms. The van der Waals surface area contributed by atoms with Gasteiger partial charge in [-0.05, 0) is 36.6 Å². The molecule has 0 radical (unpaired) electrons. The highest BCUT2D eigenvalue weighted by Gasteiger charge is 2.18. The Morgan fingerprint density at radius 3 is 2.65 bits per heavy atom. The smallest absolute Gasteiger partial charge is 0.241 e. The van der Waals surface area contributed by atoms with Crippen molar-refractivity contribution in [3.63, 3.8) is 0 Å². The molecule has 0 fully saturated rings. The Balaban J connectivity index is 2.29. The number of aromatic nitrogens is 2. The number of H-pyrrole nitrogens is 1. The van der Waals surface area contributed by atoms with E-state index in [-0.39, 0.29) is 11.4 Å². The van der Waals surface area contributed by atoms with Gasteiger partial charge in [-0.1, -0.05) is 6.07 Å². The van der Waals surface area contributed by atoms with Gasteiger partial charge in [-0.2, -0.15) is 0 Å². The summed E-state index contributed by atoms with van der Waals surface area (Å²) < 4.78 is 27.2. The molecule has 0 saturated carbocycles. The molecule has 0 bridgehead atoms. The molecule has 2 rings (SSSR count). The van der Waals surface area contributed by atoms with Crippen LogP contribution in [0.25, 0.3) is 0 Å². The van der Waals surface area contributed by atoms with E-state index in [4.69, 9.17) is 5.73 Å². The van der Waals surface area contributed by atoms with E-state index in [1.807, 2.05) is 13.0 Å². The molecule has 4 N–H and O–H groups in total. The van der Waals surface area contributed by atoms with Crippen molar-refractivity contribution in [1.29, 1.82) is 0 Å². The number of imidazole rings is 1. The summed E-state index contributed by atoms with van der Waals surface area (Å²) in [5.41, 5.74) is 8.88. The third kappa shape index (κ3) is 3.06. The fraction of sp³-hybridized carbons (Fsp3) is 0.308. The van der Waals surface area contributed by atoms with E-state index in [0.717, 1.165) is 11.1 Å². The molecule has 1 heterocycles. The lowest BCUT2D eigenvalue weighted by atomic mass is 10.1. The Morgan fingerprint density at radius 1 is 1.30 bits per heavy atom. The van der Waals surface area contributed by atoms with Crippen LogP contribution in [0.5, 0.6) is 0 Å². The molecule has 1 aromatic heterocycles. The number of nitrogens with two attached hydrogens (primary N) is 1. The van der Waals surface area contributed by atoms with E-state index in [9.17, 15) is 8.42 Å². The average molecular weight is 294 g/mol. The van der Waals surface area contributed by atoms with Crippen molar-refractivity contribution < 1.29 is 8.42 Å². The Bertz CT molecular complexity index is 693. The molecule has 2 aromatic rings. The lowest BCUT2D eigenvalue weighted by Gasteiger charge is -2.12. The highest BCUT2D eigenvalue weighted by molar-refractivity contribution is 7.89. The lowest BCUT2D eigenvalue weighted by molar-refractivity contribution is 0.579. The van der Waals surface area contributed by atoms with Gasteiger partial charge >= 0.3 is 0 Å². The first kappa shape index (κ1) is 14.7. The second kappa shape index (κ2) is 5.74. The second-order valence-corrected chi connectivity index (χ2v) is 6.39. The van der Waals surface area contributed by atoms with Crippen molar-refractivity contribution in [3.05, 3.63) is 47.0 Å². The Labute approximate surface area is 118 Å². The summed E-state index contributed by atoms with van der Waals surface area (Å²) in [6.45, 7) is 4.18. The SMILES string of the molecule is Cc1cc(C)c(S(=O)(=O)NCc2cnc[nH]2)cc1CN. The average Bonchev–Trinajstić information content (AvgIpc) is 2.89. The summed E-state index contributed by atoms with van der Waals surface area (Å²) in [6, 6.07) is 3.48. The van der Waals surface area contributed by atoms with Crippen molar-refractivity contribution in [2.75, 3.05) is 0 Å². The van der Waals surface area contributed by atoms with Crippen LogP contribution in [0.15, 0.2) is 29.6 Å². The molecule has 1 aromatic carbocycles. The van der Waals surface area contributed by atoms with Crippen molar-refractivity contribution in [2.24, 2.45) is 5.73 Å². The molecule has 0 spiro atoms. The number of benzene rings is 1. The minimum Gasteiger partial charge on any atom is -0.347 e. The Hall–Kier alpha value is -1.70. The normalized spacial score (nSPS) is 11.8. The molecule has 0 aliphatic carbocycles. The molecule has 7 heteroatoms. The first-order chi connectivity index (χ1) is 9.44. The predicted octanol–water partition coefficient (Wildman–Crippen LogP) is 0.964. The minimum atomic E-state index is -3.57. The van der Waals surface area contributed by atoms with E-state index in [0.29, 0.717) is 17.8 Å². The van der Waals surface area contributed by atoms with Crippen molar-refractivity contribution in [3.8, 4) is 0 Å². The van der Waals surface area contributed by atoms with Crippen molar-refractivity contribution in [2.45, 2.75) is 31.8 Å². The Kier molecular flexibility index (Phi) is 4.22. The van der Waals surface area contributed by atoms with Crippen LogP contribution in [0.3, 0.4) is 0 Å². The third-order valence-corrected chi connectivity index (χ3v) is 4.69. The zero-order chi connectivity index (χ0) is 14.8. The van der Waals surface area contributed by atoms with Crippen molar-refractivity contribution in [1.82, 2.24) is 14.7 Å². The van der Waals surface area contributed by atoms with Gasteiger partial charge in [0.2, 0.25) is 10.0 Å². The van der Waals surface area contributed by atoms with E-state index in [1.165, 1.54) is 6.33 Å². The largest absolute Gasteiger partial charge is 0.347 e. The zero-order valence-corrected chi connectivity index (χ0v) is 12.3. The molecule has 0 saturated heterocycles. The summed E-state index contributed by atoms with van der Waals surface area (Å²) in [5, 5.41) is 0. The predicted molar refractivity (Wildman–Crippen MR) is 76.4 cm³/mol. The van der Waals surface area contributed by atoms with Gasteiger partial charge in [0.15, 0.2) is 0 Å². The van der Waals surface area contributed by atoms with E-state index in [1.54, 1.807) is 19.2 Å². The summed E-state index contributed by atoms with van der Waals surface area (Å²) >= 11 is 0. The summed E-state index contributed by atoms with van der Waals surface area (Å²) in [4.78, 5) is 6.96. The van der Waals surface area contributed by atoms with Gasteiger partial charge in [0, 0.05) is 18.4 Å². The molecule has 108 valence electrons.